The predicted octanol–water partition coefficient (Wildman–Crippen LogP) is 3.17. The minimum absolute atomic E-state index is 0.176. The van der Waals surface area contributed by atoms with Gasteiger partial charge in [-0.15, -0.1) is 0 Å². The number of halogens is 2. The zero-order valence-corrected chi connectivity index (χ0v) is 15.1. The lowest BCUT2D eigenvalue weighted by Crippen LogP contribution is -2.16. The normalized spacial score (nSPS) is 11.4. The Bertz CT molecular complexity index is 779. The fourth-order valence-corrected chi connectivity index (χ4v) is 4.22. The lowest BCUT2D eigenvalue weighted by atomic mass is 10.1. The van der Waals surface area contributed by atoms with E-state index in [2.05, 4.69) is 41.6 Å². The molecule has 0 aliphatic carbocycles. The number of anilines is 1. The highest BCUT2D eigenvalue weighted by Gasteiger charge is 2.20. The van der Waals surface area contributed by atoms with Gasteiger partial charge in [0.25, 0.3) is 10.0 Å². The molecule has 0 saturated heterocycles. The lowest BCUT2D eigenvalue weighted by Gasteiger charge is -2.13. The summed E-state index contributed by atoms with van der Waals surface area (Å²) < 4.78 is 28.9. The Hall–Kier alpha value is -0.960. The summed E-state index contributed by atoms with van der Waals surface area (Å²) in [6.45, 7) is 1.99. The summed E-state index contributed by atoms with van der Waals surface area (Å²) >= 11 is 6.62. The molecule has 2 rings (SSSR count). The molecule has 0 unspecified atom stereocenters. The Morgan fingerprint density at radius 2 is 2.00 bits per heavy atom. The van der Waals surface area contributed by atoms with Crippen molar-refractivity contribution >= 4 is 47.7 Å². The second-order valence-electron chi connectivity index (χ2n) is 4.34. The van der Waals surface area contributed by atoms with E-state index in [9.17, 15) is 8.42 Å². The molecule has 5 nitrogen and oxygen atoms in total. The molecule has 0 radical (unpaired) electrons. The van der Waals surface area contributed by atoms with Crippen LogP contribution in [-0.4, -0.2) is 13.4 Å². The van der Waals surface area contributed by atoms with Gasteiger partial charge in [0.15, 0.2) is 5.82 Å². The van der Waals surface area contributed by atoms with Crippen LogP contribution in [0.1, 0.15) is 11.1 Å². The van der Waals surface area contributed by atoms with Crippen LogP contribution >= 0.6 is 31.9 Å². The summed E-state index contributed by atoms with van der Waals surface area (Å²) in [4.78, 5) is 4.19. The van der Waals surface area contributed by atoms with E-state index < -0.39 is 10.0 Å². The first-order valence-electron chi connectivity index (χ1n) is 5.97. The highest BCUT2D eigenvalue weighted by molar-refractivity contribution is 9.11. The molecule has 21 heavy (non-hydrogen) atoms. The number of aromatic nitrogens is 1. The van der Waals surface area contributed by atoms with E-state index in [-0.39, 0.29) is 17.3 Å². The molecule has 0 bridgehead atoms. The monoisotopic (exact) mass is 433 g/mol. The number of hydrogen-bond donors (Lipinski definition) is 2. The highest BCUT2D eigenvalue weighted by Crippen LogP contribution is 2.28. The van der Waals surface area contributed by atoms with Crippen molar-refractivity contribution in [2.75, 3.05) is 4.72 Å². The molecular weight excluding hydrogens is 422 g/mol. The Balaban J connectivity index is 2.50. The number of rotatable bonds is 4. The van der Waals surface area contributed by atoms with Gasteiger partial charge in [-0.05, 0) is 58.2 Å². The zero-order chi connectivity index (χ0) is 15.6. The molecule has 8 heteroatoms. The molecule has 0 atom stereocenters. The molecule has 1 aromatic heterocycles. The molecule has 0 spiro atoms. The quantitative estimate of drug-likeness (QED) is 0.773. The average Bonchev–Trinajstić information content (AvgIpc) is 2.43. The van der Waals surface area contributed by atoms with E-state index >= 15 is 0 Å². The Labute approximate surface area is 140 Å². The van der Waals surface area contributed by atoms with Crippen molar-refractivity contribution in [3.8, 4) is 0 Å². The van der Waals surface area contributed by atoms with Gasteiger partial charge in [0, 0.05) is 17.2 Å². The first kappa shape index (κ1) is 16.4. The van der Waals surface area contributed by atoms with E-state index in [4.69, 9.17) is 5.73 Å². The van der Waals surface area contributed by atoms with Crippen LogP contribution in [0.15, 0.2) is 44.3 Å². The van der Waals surface area contributed by atoms with Crippen LogP contribution in [0.4, 0.5) is 5.82 Å². The lowest BCUT2D eigenvalue weighted by molar-refractivity contribution is 0.600. The summed E-state index contributed by atoms with van der Waals surface area (Å²) in [6.07, 6.45) is 1.52. The van der Waals surface area contributed by atoms with Crippen LogP contribution in [0, 0.1) is 6.92 Å². The first-order valence-corrected chi connectivity index (χ1v) is 9.04. The smallest absolute Gasteiger partial charge is 0.263 e. The molecule has 1 heterocycles. The molecule has 1 aromatic carbocycles. The predicted molar refractivity (Wildman–Crippen MR) is 89.5 cm³/mol. The number of pyridine rings is 1. The maximum absolute atomic E-state index is 12.6. The van der Waals surface area contributed by atoms with Gasteiger partial charge in [-0.2, -0.15) is 0 Å². The van der Waals surface area contributed by atoms with Gasteiger partial charge in [-0.3, -0.25) is 4.72 Å². The summed E-state index contributed by atoms with van der Waals surface area (Å²) in [5.41, 5.74) is 6.95. The standard InChI is InChI=1S/C13H13Br2N3O2S/c1-8-11(15)5-9(7-16)6-12(8)21(19,20)18-13-10(14)3-2-4-17-13/h2-6H,7,16H2,1H3,(H,17,18). The summed E-state index contributed by atoms with van der Waals surface area (Å²) in [6, 6.07) is 6.80. The van der Waals surface area contributed by atoms with Crippen LogP contribution in [0.3, 0.4) is 0 Å². The van der Waals surface area contributed by atoms with Crippen molar-refractivity contribution in [2.24, 2.45) is 5.73 Å². The first-order chi connectivity index (χ1) is 9.85. The number of nitrogens with zero attached hydrogens (tertiary/aromatic N) is 1. The van der Waals surface area contributed by atoms with E-state index in [0.29, 0.717) is 14.5 Å². The highest BCUT2D eigenvalue weighted by atomic mass is 79.9. The van der Waals surface area contributed by atoms with Gasteiger partial charge in [-0.1, -0.05) is 15.9 Å². The molecule has 0 aliphatic rings. The van der Waals surface area contributed by atoms with Crippen LogP contribution in [0.5, 0.6) is 0 Å². The molecule has 2 aromatic rings. The summed E-state index contributed by atoms with van der Waals surface area (Å²) in [5.74, 6) is 0.242. The van der Waals surface area contributed by atoms with Crippen molar-refractivity contribution in [3.63, 3.8) is 0 Å². The van der Waals surface area contributed by atoms with E-state index in [1.807, 2.05) is 6.07 Å². The molecule has 112 valence electrons. The van der Waals surface area contributed by atoms with Gasteiger partial charge < -0.3 is 5.73 Å². The summed E-state index contributed by atoms with van der Waals surface area (Å²) in [5, 5.41) is 0. The van der Waals surface area contributed by atoms with Gasteiger partial charge in [-0.25, -0.2) is 13.4 Å². The van der Waals surface area contributed by atoms with Crippen LogP contribution in [0.2, 0.25) is 0 Å². The van der Waals surface area contributed by atoms with Crippen molar-refractivity contribution in [2.45, 2.75) is 18.4 Å². The third-order valence-corrected chi connectivity index (χ3v) is 5.80. The fourth-order valence-electron chi connectivity index (χ4n) is 1.75. The number of benzene rings is 1. The van der Waals surface area contributed by atoms with Crippen molar-refractivity contribution < 1.29 is 8.42 Å². The number of sulfonamides is 1. The Kier molecular flexibility index (Phi) is 5.03. The summed E-state index contributed by atoms with van der Waals surface area (Å²) in [7, 11) is -3.75. The molecule has 0 fully saturated rings. The molecule has 3 N–H and O–H groups in total. The van der Waals surface area contributed by atoms with Gasteiger partial charge in [0.05, 0.1) is 9.37 Å². The zero-order valence-electron chi connectivity index (χ0n) is 11.1. The minimum atomic E-state index is -3.75. The van der Waals surface area contributed by atoms with E-state index in [1.165, 1.54) is 6.20 Å². The average molecular weight is 435 g/mol. The SMILES string of the molecule is Cc1c(Br)cc(CN)cc1S(=O)(=O)Nc1ncccc1Br. The molecule has 0 aliphatic heterocycles. The maximum atomic E-state index is 12.6. The van der Waals surface area contributed by atoms with Gasteiger partial charge >= 0.3 is 0 Å². The minimum Gasteiger partial charge on any atom is -0.326 e. The Morgan fingerprint density at radius 3 is 2.62 bits per heavy atom. The number of hydrogen-bond acceptors (Lipinski definition) is 4. The maximum Gasteiger partial charge on any atom is 0.263 e. The third kappa shape index (κ3) is 3.63. The largest absolute Gasteiger partial charge is 0.326 e. The van der Waals surface area contributed by atoms with Crippen molar-refractivity contribution in [1.29, 1.82) is 0 Å². The number of nitrogens with one attached hydrogen (secondary N) is 1. The molecule has 0 saturated carbocycles. The molecular formula is C13H13Br2N3O2S. The van der Waals surface area contributed by atoms with Crippen molar-refractivity contribution in [1.82, 2.24) is 4.98 Å². The van der Waals surface area contributed by atoms with Crippen LogP contribution in [0.25, 0.3) is 0 Å². The van der Waals surface area contributed by atoms with Gasteiger partial charge in [0.1, 0.15) is 0 Å². The topological polar surface area (TPSA) is 85.1 Å². The molecule has 0 amide bonds. The van der Waals surface area contributed by atoms with E-state index in [1.54, 1.807) is 25.1 Å². The Morgan fingerprint density at radius 1 is 1.29 bits per heavy atom. The van der Waals surface area contributed by atoms with Gasteiger partial charge in [0.2, 0.25) is 0 Å². The third-order valence-electron chi connectivity index (χ3n) is 2.87. The number of nitrogens with two attached hydrogens (primary N) is 1. The second-order valence-corrected chi connectivity index (χ2v) is 7.70. The van der Waals surface area contributed by atoms with Crippen LogP contribution < -0.4 is 10.5 Å². The van der Waals surface area contributed by atoms with E-state index in [0.717, 1.165) is 5.56 Å². The van der Waals surface area contributed by atoms with Crippen molar-refractivity contribution in [3.05, 3.63) is 50.5 Å². The van der Waals surface area contributed by atoms with Crippen LogP contribution in [-0.2, 0) is 16.6 Å². The second kappa shape index (κ2) is 6.43. The fraction of sp³-hybridized carbons (Fsp3) is 0.154.